The molecule has 0 radical (unpaired) electrons. The van der Waals surface area contributed by atoms with Crippen LogP contribution in [0.1, 0.15) is 51.9 Å². The summed E-state index contributed by atoms with van der Waals surface area (Å²) in [6.07, 6.45) is 8.33. The Labute approximate surface area is 115 Å². The van der Waals surface area contributed by atoms with E-state index in [-0.39, 0.29) is 17.7 Å². The third kappa shape index (κ3) is 4.22. The monoisotopic (exact) mass is 266 g/mol. The van der Waals surface area contributed by atoms with Crippen molar-refractivity contribution in [2.24, 2.45) is 11.8 Å². The fourth-order valence-electron chi connectivity index (χ4n) is 3.26. The molecular weight excluding hydrogens is 240 g/mol. The van der Waals surface area contributed by atoms with Crippen molar-refractivity contribution in [2.75, 3.05) is 19.6 Å². The van der Waals surface area contributed by atoms with Gasteiger partial charge in [0.25, 0.3) is 0 Å². The molecule has 2 fully saturated rings. The van der Waals surface area contributed by atoms with Gasteiger partial charge in [-0.05, 0) is 31.6 Å². The van der Waals surface area contributed by atoms with E-state index in [2.05, 4.69) is 5.32 Å². The third-order valence-electron chi connectivity index (χ3n) is 4.53. The minimum atomic E-state index is 0.00115. The molecule has 1 atom stereocenters. The second-order valence-electron chi connectivity index (χ2n) is 6.05. The molecule has 0 aromatic heterocycles. The molecule has 2 aliphatic rings. The molecular formula is C15H26N2O2. The summed E-state index contributed by atoms with van der Waals surface area (Å²) in [7, 11) is 0. The number of hydrogen-bond donors (Lipinski definition) is 1. The number of carbonyl (C=O) groups is 2. The number of amides is 2. The van der Waals surface area contributed by atoms with Gasteiger partial charge >= 0.3 is 0 Å². The predicted molar refractivity (Wildman–Crippen MR) is 74.6 cm³/mol. The molecule has 1 aliphatic carbocycles. The highest BCUT2D eigenvalue weighted by Crippen LogP contribution is 2.23. The Morgan fingerprint density at radius 3 is 2.53 bits per heavy atom. The average molecular weight is 266 g/mol. The van der Waals surface area contributed by atoms with Crippen LogP contribution in [-0.4, -0.2) is 36.3 Å². The van der Waals surface area contributed by atoms with E-state index in [0.717, 1.165) is 25.9 Å². The molecule has 0 aromatic rings. The van der Waals surface area contributed by atoms with E-state index in [0.29, 0.717) is 12.5 Å². The second-order valence-corrected chi connectivity index (χ2v) is 6.05. The van der Waals surface area contributed by atoms with E-state index in [1.807, 2.05) is 0 Å². The van der Waals surface area contributed by atoms with Gasteiger partial charge in [0.05, 0.1) is 5.92 Å². The van der Waals surface area contributed by atoms with Crippen LogP contribution in [0.2, 0.25) is 0 Å². The number of carbonyl (C=O) groups excluding carboxylic acids is 2. The number of nitrogens with zero attached hydrogens (tertiary/aromatic N) is 1. The highest BCUT2D eigenvalue weighted by atomic mass is 16.2. The first-order valence-electron chi connectivity index (χ1n) is 7.70. The molecule has 1 unspecified atom stereocenters. The summed E-state index contributed by atoms with van der Waals surface area (Å²) < 4.78 is 0. The summed E-state index contributed by atoms with van der Waals surface area (Å²) in [5, 5.41) is 3.10. The van der Waals surface area contributed by atoms with Gasteiger partial charge in [0, 0.05) is 26.6 Å². The summed E-state index contributed by atoms with van der Waals surface area (Å²) in [6.45, 7) is 3.82. The molecule has 2 rings (SSSR count). The van der Waals surface area contributed by atoms with Crippen molar-refractivity contribution in [3.05, 3.63) is 0 Å². The number of likely N-dealkylation sites (tertiary alicyclic amines) is 1. The van der Waals surface area contributed by atoms with Crippen LogP contribution in [0.4, 0.5) is 0 Å². The minimum Gasteiger partial charge on any atom is -0.356 e. The molecule has 4 heteroatoms. The van der Waals surface area contributed by atoms with E-state index < -0.39 is 0 Å². The normalized spacial score (nSPS) is 25.1. The van der Waals surface area contributed by atoms with Crippen LogP contribution in [0, 0.1) is 11.8 Å². The van der Waals surface area contributed by atoms with Crippen molar-refractivity contribution in [1.82, 2.24) is 10.2 Å². The van der Waals surface area contributed by atoms with Crippen LogP contribution >= 0.6 is 0 Å². The Kier molecular flexibility index (Phi) is 5.23. The zero-order chi connectivity index (χ0) is 13.7. The van der Waals surface area contributed by atoms with E-state index in [1.54, 1.807) is 11.8 Å². The highest BCUT2D eigenvalue weighted by molar-refractivity contribution is 5.80. The molecule has 19 heavy (non-hydrogen) atoms. The Hall–Kier alpha value is -1.06. The standard InChI is InChI=1S/C15H26N2O2/c1-12(18)17-9-5-8-14(11-17)15(19)16-10-13-6-3-2-4-7-13/h13-14H,2-11H2,1H3,(H,16,19). The molecule has 1 saturated carbocycles. The van der Waals surface area contributed by atoms with E-state index in [9.17, 15) is 9.59 Å². The van der Waals surface area contributed by atoms with Crippen LogP contribution in [0.25, 0.3) is 0 Å². The summed E-state index contributed by atoms with van der Waals surface area (Å²) in [5.41, 5.74) is 0. The van der Waals surface area contributed by atoms with Gasteiger partial charge in [0.15, 0.2) is 0 Å². The fraction of sp³-hybridized carbons (Fsp3) is 0.867. The zero-order valence-corrected chi connectivity index (χ0v) is 12.0. The molecule has 0 bridgehead atoms. The SMILES string of the molecule is CC(=O)N1CCCC(C(=O)NCC2CCCCC2)C1. The number of hydrogen-bond acceptors (Lipinski definition) is 2. The third-order valence-corrected chi connectivity index (χ3v) is 4.53. The van der Waals surface area contributed by atoms with Gasteiger partial charge in [-0.25, -0.2) is 0 Å². The van der Waals surface area contributed by atoms with Crippen LogP contribution in [0.3, 0.4) is 0 Å². The topological polar surface area (TPSA) is 49.4 Å². The van der Waals surface area contributed by atoms with Gasteiger partial charge in [-0.3, -0.25) is 9.59 Å². The van der Waals surface area contributed by atoms with Crippen LogP contribution in [-0.2, 0) is 9.59 Å². The van der Waals surface area contributed by atoms with Crippen LogP contribution in [0.5, 0.6) is 0 Å². The first-order valence-corrected chi connectivity index (χ1v) is 7.70. The minimum absolute atomic E-state index is 0.00115. The summed E-state index contributed by atoms with van der Waals surface area (Å²) in [4.78, 5) is 25.3. The predicted octanol–water partition coefficient (Wildman–Crippen LogP) is 1.94. The second kappa shape index (κ2) is 6.92. The summed E-state index contributed by atoms with van der Waals surface area (Å²) in [5.74, 6) is 0.910. The smallest absolute Gasteiger partial charge is 0.224 e. The Morgan fingerprint density at radius 1 is 1.11 bits per heavy atom. The van der Waals surface area contributed by atoms with E-state index >= 15 is 0 Å². The molecule has 4 nitrogen and oxygen atoms in total. The molecule has 1 heterocycles. The molecule has 1 aliphatic heterocycles. The Bertz CT molecular complexity index is 324. The van der Waals surface area contributed by atoms with E-state index in [1.165, 1.54) is 32.1 Å². The molecule has 0 aromatic carbocycles. The molecule has 108 valence electrons. The maximum absolute atomic E-state index is 12.2. The van der Waals surface area contributed by atoms with Crippen molar-refractivity contribution >= 4 is 11.8 Å². The zero-order valence-electron chi connectivity index (χ0n) is 12.0. The molecule has 2 amide bonds. The van der Waals surface area contributed by atoms with Gasteiger partial charge in [-0.15, -0.1) is 0 Å². The maximum Gasteiger partial charge on any atom is 0.224 e. The number of piperidine rings is 1. The van der Waals surface area contributed by atoms with Gasteiger partial charge < -0.3 is 10.2 Å². The number of rotatable bonds is 3. The maximum atomic E-state index is 12.2. The first kappa shape index (κ1) is 14.4. The van der Waals surface area contributed by atoms with Crippen molar-refractivity contribution in [3.8, 4) is 0 Å². The first-order chi connectivity index (χ1) is 9.16. The van der Waals surface area contributed by atoms with Crippen molar-refractivity contribution < 1.29 is 9.59 Å². The van der Waals surface area contributed by atoms with E-state index in [4.69, 9.17) is 0 Å². The lowest BCUT2D eigenvalue weighted by atomic mass is 9.89. The Morgan fingerprint density at radius 2 is 1.84 bits per heavy atom. The van der Waals surface area contributed by atoms with Gasteiger partial charge in [-0.1, -0.05) is 19.3 Å². The molecule has 1 N–H and O–H groups in total. The molecule has 0 spiro atoms. The van der Waals surface area contributed by atoms with Crippen LogP contribution in [0.15, 0.2) is 0 Å². The van der Waals surface area contributed by atoms with Gasteiger partial charge in [0.1, 0.15) is 0 Å². The van der Waals surface area contributed by atoms with Crippen molar-refractivity contribution in [1.29, 1.82) is 0 Å². The average Bonchev–Trinajstić information content (AvgIpc) is 2.46. The largest absolute Gasteiger partial charge is 0.356 e. The van der Waals surface area contributed by atoms with Gasteiger partial charge in [0.2, 0.25) is 11.8 Å². The lowest BCUT2D eigenvalue weighted by Crippen LogP contribution is -2.45. The van der Waals surface area contributed by atoms with Crippen molar-refractivity contribution in [3.63, 3.8) is 0 Å². The fourth-order valence-corrected chi connectivity index (χ4v) is 3.26. The summed E-state index contributed by atoms with van der Waals surface area (Å²) in [6, 6.07) is 0. The lowest BCUT2D eigenvalue weighted by Gasteiger charge is -2.31. The van der Waals surface area contributed by atoms with Crippen molar-refractivity contribution in [2.45, 2.75) is 51.9 Å². The van der Waals surface area contributed by atoms with Crippen LogP contribution < -0.4 is 5.32 Å². The Balaban J connectivity index is 1.74. The summed E-state index contributed by atoms with van der Waals surface area (Å²) >= 11 is 0. The highest BCUT2D eigenvalue weighted by Gasteiger charge is 2.27. The number of nitrogens with one attached hydrogen (secondary N) is 1. The quantitative estimate of drug-likeness (QED) is 0.848. The molecule has 1 saturated heterocycles. The lowest BCUT2D eigenvalue weighted by molar-refractivity contribution is -0.134. The van der Waals surface area contributed by atoms with Gasteiger partial charge in [-0.2, -0.15) is 0 Å².